The van der Waals surface area contributed by atoms with Crippen molar-refractivity contribution in [2.75, 3.05) is 13.7 Å². The molecule has 1 unspecified atom stereocenters. The third kappa shape index (κ3) is 3.92. The quantitative estimate of drug-likeness (QED) is 0.474. The van der Waals surface area contributed by atoms with Crippen molar-refractivity contribution in [2.24, 2.45) is 5.92 Å². The van der Waals surface area contributed by atoms with Gasteiger partial charge in [-0.2, -0.15) is 0 Å². The van der Waals surface area contributed by atoms with Crippen LogP contribution in [-0.2, 0) is 9.53 Å². The van der Waals surface area contributed by atoms with Gasteiger partial charge in [0.05, 0.1) is 18.9 Å². The number of methoxy groups -OCH3 is 1. The van der Waals surface area contributed by atoms with Crippen molar-refractivity contribution < 1.29 is 14.5 Å². The van der Waals surface area contributed by atoms with Gasteiger partial charge in [-0.05, 0) is 24.1 Å². The predicted molar refractivity (Wildman–Crippen MR) is 72.0 cm³/mol. The fraction of sp³-hybridized carbons (Fsp3) is 0.462. The third-order valence-corrected chi connectivity index (χ3v) is 3.41. The molecule has 0 N–H and O–H groups in total. The van der Waals surface area contributed by atoms with Gasteiger partial charge in [-0.15, -0.1) is 0 Å². The number of benzene rings is 1. The van der Waals surface area contributed by atoms with Crippen molar-refractivity contribution in [3.63, 3.8) is 0 Å². The average Bonchev–Trinajstić information content (AvgIpc) is 2.34. The van der Waals surface area contributed by atoms with Crippen molar-refractivity contribution in [3.05, 3.63) is 44.5 Å². The highest BCUT2D eigenvalue weighted by Gasteiger charge is 2.31. The van der Waals surface area contributed by atoms with Crippen LogP contribution in [0.3, 0.4) is 0 Å². The van der Waals surface area contributed by atoms with Gasteiger partial charge in [0, 0.05) is 9.95 Å². The number of hydrogen-bond donors (Lipinski definition) is 0. The maximum atomic E-state index is 11.6. The molecule has 0 fully saturated rings. The predicted octanol–water partition coefficient (Wildman–Crippen LogP) is 2.82. The first-order valence-corrected chi connectivity index (χ1v) is 6.20. The molecule has 0 aromatic heterocycles. The fourth-order valence-electron chi connectivity index (χ4n) is 1.97. The lowest BCUT2D eigenvalue weighted by molar-refractivity contribution is -0.484. The van der Waals surface area contributed by atoms with E-state index in [9.17, 15) is 14.9 Å². The molecule has 0 amide bonds. The zero-order valence-corrected chi connectivity index (χ0v) is 11.8. The molecular weight excluding hydrogens is 270 g/mol. The molecule has 0 aliphatic carbocycles. The Balaban J connectivity index is 3.15. The lowest BCUT2D eigenvalue weighted by Crippen LogP contribution is -2.26. The summed E-state index contributed by atoms with van der Waals surface area (Å²) in [5.41, 5.74) is 1.56. The number of nitrogens with zero attached hydrogens (tertiary/aromatic N) is 1. The molecule has 1 rings (SSSR count). The normalized spacial score (nSPS) is 13.7. The molecule has 6 heteroatoms. The van der Waals surface area contributed by atoms with E-state index in [0.717, 1.165) is 5.56 Å². The summed E-state index contributed by atoms with van der Waals surface area (Å²) in [6.45, 7) is 3.12. The van der Waals surface area contributed by atoms with E-state index in [0.29, 0.717) is 10.6 Å². The molecule has 1 aromatic rings. The number of carbonyl (C=O) groups excluding carboxylic acids is 1. The fourth-order valence-corrected chi connectivity index (χ4v) is 2.34. The molecule has 0 heterocycles. The van der Waals surface area contributed by atoms with Gasteiger partial charge in [0.2, 0.25) is 6.54 Å². The SMILES string of the molecule is COC(=O)C(C)[C@@H](C[N+](=O)[O-])c1ccc(C)cc1Cl. The second kappa shape index (κ2) is 6.52. The number of aryl methyl sites for hydroxylation is 1. The molecule has 5 nitrogen and oxygen atoms in total. The van der Waals surface area contributed by atoms with Crippen LogP contribution in [0.25, 0.3) is 0 Å². The largest absolute Gasteiger partial charge is 0.469 e. The van der Waals surface area contributed by atoms with Crippen LogP contribution >= 0.6 is 11.6 Å². The number of halogens is 1. The van der Waals surface area contributed by atoms with E-state index in [1.54, 1.807) is 19.1 Å². The number of hydrogen-bond acceptors (Lipinski definition) is 4. The highest BCUT2D eigenvalue weighted by Crippen LogP contribution is 2.32. The van der Waals surface area contributed by atoms with Gasteiger partial charge < -0.3 is 4.74 Å². The van der Waals surface area contributed by atoms with Gasteiger partial charge in [0.15, 0.2) is 0 Å². The molecule has 0 saturated carbocycles. The molecule has 0 aliphatic heterocycles. The number of nitro groups is 1. The van der Waals surface area contributed by atoms with E-state index < -0.39 is 22.7 Å². The highest BCUT2D eigenvalue weighted by molar-refractivity contribution is 6.31. The van der Waals surface area contributed by atoms with Crippen LogP contribution in [0.15, 0.2) is 18.2 Å². The summed E-state index contributed by atoms with van der Waals surface area (Å²) in [7, 11) is 1.26. The Hall–Kier alpha value is -1.62. The summed E-state index contributed by atoms with van der Waals surface area (Å²) in [5.74, 6) is -1.71. The average molecular weight is 286 g/mol. The van der Waals surface area contributed by atoms with Gasteiger partial charge >= 0.3 is 5.97 Å². The van der Waals surface area contributed by atoms with Crippen molar-refractivity contribution in [3.8, 4) is 0 Å². The number of carbonyl (C=O) groups is 1. The van der Waals surface area contributed by atoms with E-state index in [1.165, 1.54) is 7.11 Å². The van der Waals surface area contributed by atoms with Crippen LogP contribution < -0.4 is 0 Å². The zero-order valence-electron chi connectivity index (χ0n) is 11.1. The maximum absolute atomic E-state index is 11.6. The van der Waals surface area contributed by atoms with Crippen molar-refractivity contribution in [1.82, 2.24) is 0 Å². The third-order valence-electron chi connectivity index (χ3n) is 3.08. The van der Waals surface area contributed by atoms with Gasteiger partial charge in [-0.1, -0.05) is 30.7 Å². The molecule has 1 aromatic carbocycles. The van der Waals surface area contributed by atoms with Crippen LogP contribution in [0.1, 0.15) is 24.0 Å². The Morgan fingerprint density at radius 3 is 2.63 bits per heavy atom. The lowest BCUT2D eigenvalue weighted by atomic mass is 9.86. The van der Waals surface area contributed by atoms with Crippen LogP contribution in [-0.4, -0.2) is 24.5 Å². The first-order valence-electron chi connectivity index (χ1n) is 5.82. The summed E-state index contributed by atoms with van der Waals surface area (Å²) in [6.07, 6.45) is 0. The molecular formula is C13H16ClNO4. The summed E-state index contributed by atoms with van der Waals surface area (Å²) >= 11 is 6.12. The Bertz CT molecular complexity index is 490. The van der Waals surface area contributed by atoms with E-state index in [2.05, 4.69) is 4.74 Å². The Labute approximate surface area is 116 Å². The first-order chi connectivity index (χ1) is 8.86. The molecule has 19 heavy (non-hydrogen) atoms. The second-order valence-corrected chi connectivity index (χ2v) is 4.87. The highest BCUT2D eigenvalue weighted by atomic mass is 35.5. The van der Waals surface area contributed by atoms with Crippen molar-refractivity contribution in [2.45, 2.75) is 19.8 Å². The minimum Gasteiger partial charge on any atom is -0.469 e. The zero-order chi connectivity index (χ0) is 14.6. The topological polar surface area (TPSA) is 69.4 Å². The molecule has 104 valence electrons. The number of esters is 1. The maximum Gasteiger partial charge on any atom is 0.309 e. The minimum absolute atomic E-state index is 0.362. The van der Waals surface area contributed by atoms with Gasteiger partial charge in [-0.25, -0.2) is 0 Å². The molecule has 0 radical (unpaired) electrons. The monoisotopic (exact) mass is 285 g/mol. The van der Waals surface area contributed by atoms with E-state index in [1.807, 2.05) is 13.0 Å². The van der Waals surface area contributed by atoms with Crippen LogP contribution in [0.5, 0.6) is 0 Å². The standard InChI is InChI=1S/C13H16ClNO4/c1-8-4-5-10(12(14)6-8)11(7-15(17)18)9(2)13(16)19-3/h4-6,9,11H,7H2,1-3H3/t9?,11-/m1/s1. The van der Waals surface area contributed by atoms with Crippen molar-refractivity contribution >= 4 is 17.6 Å². The van der Waals surface area contributed by atoms with Gasteiger partial charge in [-0.3, -0.25) is 14.9 Å². The summed E-state index contributed by atoms with van der Waals surface area (Å²) < 4.78 is 4.66. The Morgan fingerprint density at radius 1 is 1.53 bits per heavy atom. The number of ether oxygens (including phenoxy) is 1. The summed E-state index contributed by atoms with van der Waals surface area (Å²) in [5, 5.41) is 11.2. The molecule has 0 saturated heterocycles. The van der Waals surface area contributed by atoms with E-state index in [4.69, 9.17) is 11.6 Å². The molecule has 0 spiro atoms. The van der Waals surface area contributed by atoms with Crippen LogP contribution in [0, 0.1) is 23.0 Å². The van der Waals surface area contributed by atoms with Crippen molar-refractivity contribution in [1.29, 1.82) is 0 Å². The Morgan fingerprint density at radius 2 is 2.16 bits per heavy atom. The van der Waals surface area contributed by atoms with Crippen LogP contribution in [0.4, 0.5) is 0 Å². The summed E-state index contributed by atoms with van der Waals surface area (Å²) in [4.78, 5) is 21.9. The van der Waals surface area contributed by atoms with Gasteiger partial charge in [0.25, 0.3) is 0 Å². The van der Waals surface area contributed by atoms with E-state index >= 15 is 0 Å². The number of rotatable bonds is 5. The first kappa shape index (κ1) is 15.4. The van der Waals surface area contributed by atoms with E-state index in [-0.39, 0.29) is 6.54 Å². The van der Waals surface area contributed by atoms with Gasteiger partial charge in [0.1, 0.15) is 0 Å². The lowest BCUT2D eigenvalue weighted by Gasteiger charge is -2.20. The minimum atomic E-state index is -0.629. The molecule has 0 bridgehead atoms. The second-order valence-electron chi connectivity index (χ2n) is 4.46. The molecule has 2 atom stereocenters. The van der Waals surface area contributed by atoms with Crippen LogP contribution in [0.2, 0.25) is 5.02 Å². The Kier molecular flexibility index (Phi) is 5.30. The smallest absolute Gasteiger partial charge is 0.309 e. The molecule has 0 aliphatic rings. The summed E-state index contributed by atoms with van der Waals surface area (Å²) in [6, 6.07) is 5.28.